The lowest BCUT2D eigenvalue weighted by Crippen LogP contribution is -2.50. The van der Waals surface area contributed by atoms with Crippen LogP contribution in [0.15, 0.2) is 24.3 Å². The molecule has 1 aromatic carbocycles. The van der Waals surface area contributed by atoms with E-state index in [0.717, 1.165) is 18.5 Å². The summed E-state index contributed by atoms with van der Waals surface area (Å²) in [6.07, 6.45) is 1.86. The Kier molecular flexibility index (Phi) is 2.97. The van der Waals surface area contributed by atoms with Crippen LogP contribution in [-0.2, 0) is 4.79 Å². The fourth-order valence-corrected chi connectivity index (χ4v) is 2.17. The number of ether oxygens (including phenoxy) is 1. The van der Waals surface area contributed by atoms with E-state index in [2.05, 4.69) is 5.32 Å². The zero-order valence-electron chi connectivity index (χ0n) is 11.0. The van der Waals surface area contributed by atoms with Gasteiger partial charge in [-0.1, -0.05) is 19.1 Å². The molecule has 1 atom stereocenters. The van der Waals surface area contributed by atoms with Crippen LogP contribution in [-0.4, -0.2) is 23.7 Å². The summed E-state index contributed by atoms with van der Waals surface area (Å²) in [6.45, 7) is 3.75. The molecule has 0 amide bonds. The molecule has 1 aromatic rings. The van der Waals surface area contributed by atoms with Crippen molar-refractivity contribution in [2.75, 3.05) is 12.4 Å². The first-order chi connectivity index (χ1) is 8.43. The molecule has 0 aliphatic heterocycles. The average Bonchev–Trinajstić information content (AvgIpc) is 3.09. The third-order valence-corrected chi connectivity index (χ3v) is 4.13. The third kappa shape index (κ3) is 1.92. The van der Waals surface area contributed by atoms with Crippen LogP contribution in [0.3, 0.4) is 0 Å². The van der Waals surface area contributed by atoms with Gasteiger partial charge in [0, 0.05) is 5.41 Å². The predicted octanol–water partition coefficient (Wildman–Crippen LogP) is 2.75. The van der Waals surface area contributed by atoms with Gasteiger partial charge in [0.15, 0.2) is 0 Å². The van der Waals surface area contributed by atoms with E-state index in [-0.39, 0.29) is 5.41 Å². The standard InChI is InChI=1S/C14H19NO3/c1-13(8-9-13)14(2,12(16)17)15-10-6-4-5-7-11(10)18-3/h4-7,15H,8-9H2,1-3H3,(H,16,17). The topological polar surface area (TPSA) is 58.6 Å². The van der Waals surface area contributed by atoms with Gasteiger partial charge in [-0.15, -0.1) is 0 Å². The van der Waals surface area contributed by atoms with Crippen LogP contribution < -0.4 is 10.1 Å². The molecular weight excluding hydrogens is 230 g/mol. The highest BCUT2D eigenvalue weighted by molar-refractivity contribution is 5.85. The highest BCUT2D eigenvalue weighted by Crippen LogP contribution is 2.55. The van der Waals surface area contributed by atoms with Crippen LogP contribution in [0, 0.1) is 5.41 Å². The number of para-hydroxylation sites is 2. The Morgan fingerprint density at radius 3 is 2.56 bits per heavy atom. The molecule has 0 saturated heterocycles. The summed E-state index contributed by atoms with van der Waals surface area (Å²) < 4.78 is 5.25. The number of carboxylic acid groups (broad SMARTS) is 1. The third-order valence-electron chi connectivity index (χ3n) is 4.13. The number of hydrogen-bond acceptors (Lipinski definition) is 3. The van der Waals surface area contributed by atoms with Crippen LogP contribution in [0.1, 0.15) is 26.7 Å². The maximum Gasteiger partial charge on any atom is 0.329 e. The SMILES string of the molecule is COc1ccccc1NC(C)(C(=O)O)C1(C)CC1. The minimum absolute atomic E-state index is 0.195. The van der Waals surface area contributed by atoms with Crippen molar-refractivity contribution in [2.24, 2.45) is 5.41 Å². The normalized spacial score (nSPS) is 19.7. The van der Waals surface area contributed by atoms with Crippen molar-refractivity contribution in [1.82, 2.24) is 0 Å². The van der Waals surface area contributed by atoms with Crippen LogP contribution in [0.2, 0.25) is 0 Å². The fraction of sp³-hybridized carbons (Fsp3) is 0.500. The van der Waals surface area contributed by atoms with Crippen molar-refractivity contribution in [3.63, 3.8) is 0 Å². The second-order valence-corrected chi connectivity index (χ2v) is 5.32. The molecule has 18 heavy (non-hydrogen) atoms. The first-order valence-electron chi connectivity index (χ1n) is 6.07. The summed E-state index contributed by atoms with van der Waals surface area (Å²) in [5.74, 6) is -0.164. The fourth-order valence-electron chi connectivity index (χ4n) is 2.17. The highest BCUT2D eigenvalue weighted by Gasteiger charge is 2.58. The number of anilines is 1. The average molecular weight is 249 g/mol. The van der Waals surface area contributed by atoms with Gasteiger partial charge in [-0.2, -0.15) is 0 Å². The largest absolute Gasteiger partial charge is 0.495 e. The minimum Gasteiger partial charge on any atom is -0.495 e. The molecule has 0 radical (unpaired) electrons. The lowest BCUT2D eigenvalue weighted by molar-refractivity contribution is -0.144. The number of nitrogens with one attached hydrogen (secondary N) is 1. The highest BCUT2D eigenvalue weighted by atomic mass is 16.5. The van der Waals surface area contributed by atoms with E-state index < -0.39 is 11.5 Å². The van der Waals surface area contributed by atoms with E-state index in [0.29, 0.717) is 5.75 Å². The maximum absolute atomic E-state index is 11.6. The van der Waals surface area contributed by atoms with E-state index in [4.69, 9.17) is 4.74 Å². The Morgan fingerprint density at radius 1 is 1.44 bits per heavy atom. The monoisotopic (exact) mass is 249 g/mol. The second kappa shape index (κ2) is 4.19. The van der Waals surface area contributed by atoms with Crippen molar-refractivity contribution in [1.29, 1.82) is 0 Å². The molecule has 1 fully saturated rings. The molecule has 2 rings (SSSR count). The first kappa shape index (κ1) is 12.7. The van der Waals surface area contributed by atoms with Crippen LogP contribution in [0.5, 0.6) is 5.75 Å². The maximum atomic E-state index is 11.6. The van der Waals surface area contributed by atoms with E-state index in [1.54, 1.807) is 14.0 Å². The van der Waals surface area contributed by atoms with Crippen molar-refractivity contribution < 1.29 is 14.6 Å². The van der Waals surface area contributed by atoms with Gasteiger partial charge in [0.2, 0.25) is 0 Å². The van der Waals surface area contributed by atoms with Gasteiger partial charge in [0.1, 0.15) is 11.3 Å². The number of aliphatic carboxylic acids is 1. The van der Waals surface area contributed by atoms with Crippen molar-refractivity contribution in [3.05, 3.63) is 24.3 Å². The van der Waals surface area contributed by atoms with Crippen LogP contribution >= 0.6 is 0 Å². The Labute approximate surface area is 107 Å². The number of rotatable bonds is 5. The molecular formula is C14H19NO3. The summed E-state index contributed by atoms with van der Waals surface area (Å²) >= 11 is 0. The van der Waals surface area contributed by atoms with E-state index in [9.17, 15) is 9.90 Å². The van der Waals surface area contributed by atoms with Crippen LogP contribution in [0.25, 0.3) is 0 Å². The van der Waals surface area contributed by atoms with E-state index in [1.165, 1.54) is 0 Å². The lowest BCUT2D eigenvalue weighted by Gasteiger charge is -2.34. The number of methoxy groups -OCH3 is 1. The zero-order valence-corrected chi connectivity index (χ0v) is 11.0. The molecule has 4 heteroatoms. The summed E-state index contributed by atoms with van der Waals surface area (Å²) in [4.78, 5) is 11.6. The van der Waals surface area contributed by atoms with Gasteiger partial charge in [-0.05, 0) is 31.9 Å². The van der Waals surface area contributed by atoms with Gasteiger partial charge >= 0.3 is 5.97 Å². The lowest BCUT2D eigenvalue weighted by atomic mass is 9.83. The Bertz CT molecular complexity index is 468. The predicted molar refractivity (Wildman–Crippen MR) is 70.0 cm³/mol. The smallest absolute Gasteiger partial charge is 0.329 e. The zero-order chi connectivity index (χ0) is 13.4. The van der Waals surface area contributed by atoms with Gasteiger partial charge in [-0.25, -0.2) is 4.79 Å². The Morgan fingerprint density at radius 2 is 2.06 bits per heavy atom. The molecule has 0 spiro atoms. The van der Waals surface area contributed by atoms with Crippen molar-refractivity contribution in [2.45, 2.75) is 32.2 Å². The molecule has 2 N–H and O–H groups in total. The number of carboxylic acids is 1. The van der Waals surface area contributed by atoms with Crippen LogP contribution in [0.4, 0.5) is 5.69 Å². The molecule has 4 nitrogen and oxygen atoms in total. The van der Waals surface area contributed by atoms with Gasteiger partial charge in [0.05, 0.1) is 12.8 Å². The summed E-state index contributed by atoms with van der Waals surface area (Å²) in [7, 11) is 1.58. The molecule has 1 saturated carbocycles. The van der Waals surface area contributed by atoms with Gasteiger partial charge in [-0.3, -0.25) is 0 Å². The molecule has 0 heterocycles. The Balaban J connectivity index is 2.33. The quantitative estimate of drug-likeness (QED) is 0.842. The summed E-state index contributed by atoms with van der Waals surface area (Å²) in [5, 5.41) is 12.7. The van der Waals surface area contributed by atoms with Gasteiger partial charge in [0.25, 0.3) is 0 Å². The van der Waals surface area contributed by atoms with Crippen molar-refractivity contribution in [3.8, 4) is 5.75 Å². The first-order valence-corrected chi connectivity index (χ1v) is 6.07. The van der Waals surface area contributed by atoms with E-state index >= 15 is 0 Å². The molecule has 1 aliphatic carbocycles. The summed E-state index contributed by atoms with van der Waals surface area (Å²) in [5.41, 5.74) is -0.445. The van der Waals surface area contributed by atoms with Crippen molar-refractivity contribution >= 4 is 11.7 Å². The summed E-state index contributed by atoms with van der Waals surface area (Å²) in [6, 6.07) is 7.38. The van der Waals surface area contributed by atoms with Gasteiger partial charge < -0.3 is 15.2 Å². The molecule has 1 unspecified atom stereocenters. The number of hydrogen-bond donors (Lipinski definition) is 2. The number of carbonyl (C=O) groups is 1. The second-order valence-electron chi connectivity index (χ2n) is 5.32. The molecule has 98 valence electrons. The molecule has 1 aliphatic rings. The number of benzene rings is 1. The molecule has 0 bridgehead atoms. The Hall–Kier alpha value is -1.71. The molecule has 0 aromatic heterocycles. The van der Waals surface area contributed by atoms with E-state index in [1.807, 2.05) is 31.2 Å². The minimum atomic E-state index is -0.971.